The maximum Gasteiger partial charge on any atom is 0.138 e. The summed E-state index contributed by atoms with van der Waals surface area (Å²) >= 11 is 1.71. The summed E-state index contributed by atoms with van der Waals surface area (Å²) in [5, 5.41) is 14.3. The van der Waals surface area contributed by atoms with E-state index >= 15 is 0 Å². The predicted octanol–water partition coefficient (Wildman–Crippen LogP) is 6.37. The molecule has 6 aromatic rings. The van der Waals surface area contributed by atoms with Crippen molar-refractivity contribution in [2.24, 2.45) is 0 Å². The molecule has 1 aliphatic heterocycles. The van der Waals surface area contributed by atoms with Gasteiger partial charge >= 0.3 is 0 Å². The zero-order chi connectivity index (χ0) is 24.6. The Morgan fingerprint density at radius 1 is 0.946 bits per heavy atom. The summed E-state index contributed by atoms with van der Waals surface area (Å²) < 4.78 is 6.02. The van der Waals surface area contributed by atoms with Crippen LogP contribution in [0.5, 0.6) is 5.75 Å². The number of aromatic nitrogens is 5. The van der Waals surface area contributed by atoms with Gasteiger partial charge in [-0.25, -0.2) is 0 Å². The summed E-state index contributed by atoms with van der Waals surface area (Å²) in [7, 11) is 0. The number of fused-ring (bicyclic) bond motifs is 2. The Bertz CT molecular complexity index is 1680. The zero-order valence-electron chi connectivity index (χ0n) is 20.3. The molecule has 0 radical (unpaired) electrons. The lowest BCUT2D eigenvalue weighted by Crippen LogP contribution is -2.25. The van der Waals surface area contributed by atoms with Crippen LogP contribution in [0.2, 0.25) is 0 Å². The molecule has 1 saturated heterocycles. The van der Waals surface area contributed by atoms with Crippen molar-refractivity contribution in [2.45, 2.75) is 12.8 Å². The van der Waals surface area contributed by atoms with Crippen LogP contribution in [-0.2, 0) is 0 Å². The van der Waals surface area contributed by atoms with E-state index in [1.54, 1.807) is 17.5 Å². The fourth-order valence-corrected chi connectivity index (χ4v) is 5.82. The number of likely N-dealkylation sites (tertiary alicyclic amines) is 1. The van der Waals surface area contributed by atoms with E-state index in [9.17, 15) is 0 Å². The van der Waals surface area contributed by atoms with Crippen LogP contribution in [0.3, 0.4) is 0 Å². The molecule has 2 N–H and O–H groups in total. The van der Waals surface area contributed by atoms with E-state index in [4.69, 9.17) is 4.74 Å². The second kappa shape index (κ2) is 9.46. The average Bonchev–Trinajstić information content (AvgIpc) is 3.74. The zero-order valence-corrected chi connectivity index (χ0v) is 21.1. The molecule has 0 amide bonds. The third-order valence-corrected chi connectivity index (χ3v) is 7.77. The number of H-pyrrole nitrogens is 2. The third-order valence-electron chi connectivity index (χ3n) is 7.08. The maximum atomic E-state index is 6.02. The number of nitrogens with one attached hydrogen (secondary N) is 2. The Labute approximate surface area is 218 Å². The lowest BCUT2D eigenvalue weighted by atomic mass is 10.0. The van der Waals surface area contributed by atoms with Gasteiger partial charge in [0.05, 0.1) is 29.3 Å². The number of benzene rings is 1. The topological polar surface area (TPSA) is 82.7 Å². The number of aromatic amines is 2. The summed E-state index contributed by atoms with van der Waals surface area (Å²) in [6, 6.07) is 14.8. The summed E-state index contributed by atoms with van der Waals surface area (Å²) in [5.74, 6) is 0.766. The van der Waals surface area contributed by atoms with Crippen LogP contribution >= 0.6 is 11.3 Å². The summed E-state index contributed by atoms with van der Waals surface area (Å²) in [6.07, 6.45) is 8.01. The van der Waals surface area contributed by atoms with Crippen molar-refractivity contribution in [1.82, 2.24) is 30.0 Å². The van der Waals surface area contributed by atoms with Crippen molar-refractivity contribution in [1.29, 1.82) is 0 Å². The van der Waals surface area contributed by atoms with Gasteiger partial charge in [-0.2, -0.15) is 16.4 Å². The molecule has 7 rings (SSSR count). The largest absolute Gasteiger partial charge is 0.491 e. The molecule has 0 atom stereocenters. The number of hydrogen-bond acceptors (Lipinski definition) is 6. The van der Waals surface area contributed by atoms with E-state index < -0.39 is 0 Å². The fourth-order valence-electron chi connectivity index (χ4n) is 5.17. The maximum absolute atomic E-state index is 6.02. The molecule has 0 saturated carbocycles. The van der Waals surface area contributed by atoms with Crippen LogP contribution in [0.1, 0.15) is 12.8 Å². The molecule has 8 heteroatoms. The summed E-state index contributed by atoms with van der Waals surface area (Å²) in [5.41, 5.74) is 8.03. The lowest BCUT2D eigenvalue weighted by Gasteiger charge is -2.15. The minimum Gasteiger partial charge on any atom is -0.491 e. The first kappa shape index (κ1) is 22.2. The average molecular weight is 507 g/mol. The molecule has 0 unspecified atom stereocenters. The Balaban J connectivity index is 1.20. The Morgan fingerprint density at radius 3 is 2.78 bits per heavy atom. The smallest absolute Gasteiger partial charge is 0.138 e. The first-order valence-electron chi connectivity index (χ1n) is 12.6. The second-order valence-electron chi connectivity index (χ2n) is 9.46. The monoisotopic (exact) mass is 506 g/mol. The quantitative estimate of drug-likeness (QED) is 0.263. The SMILES string of the molecule is c1cc(-c2ccsc2)c2cc(-c3n[nH]c4cnc(-c5cncc(OCCN6CCCC6)c5)cc34)[nH]c2c1. The molecule has 1 aromatic carbocycles. The number of hydrogen-bond donors (Lipinski definition) is 2. The van der Waals surface area contributed by atoms with Crippen molar-refractivity contribution < 1.29 is 4.74 Å². The van der Waals surface area contributed by atoms with Crippen LogP contribution in [-0.4, -0.2) is 56.3 Å². The van der Waals surface area contributed by atoms with Crippen LogP contribution in [0.15, 0.2) is 71.8 Å². The molecule has 184 valence electrons. The van der Waals surface area contributed by atoms with E-state index in [1.807, 2.05) is 18.5 Å². The molecular formula is C29H26N6OS. The molecule has 0 aliphatic carbocycles. The third kappa shape index (κ3) is 4.28. The molecule has 1 fully saturated rings. The molecule has 1 aliphatic rings. The van der Waals surface area contributed by atoms with Gasteiger partial charge in [0.1, 0.15) is 18.1 Å². The highest BCUT2D eigenvalue weighted by Crippen LogP contribution is 2.35. The van der Waals surface area contributed by atoms with Gasteiger partial charge in [-0.1, -0.05) is 12.1 Å². The van der Waals surface area contributed by atoms with E-state index in [-0.39, 0.29) is 0 Å². The molecule has 0 bridgehead atoms. The standard InChI is InChI=1S/C29H26N6OS/c1-2-8-35(7-1)9-10-36-21-12-20(15-30-16-21)26-14-24-28(17-31-26)33-34-29(24)27-13-23-22(19-6-11-37-18-19)4-3-5-25(23)32-27/h3-6,11-18,32H,1-2,7-10H2,(H,33,34). The molecule has 7 nitrogen and oxygen atoms in total. The number of ether oxygens (including phenoxy) is 1. The normalized spacial score (nSPS) is 14.2. The van der Waals surface area contributed by atoms with E-state index in [0.717, 1.165) is 51.4 Å². The number of nitrogens with zero attached hydrogens (tertiary/aromatic N) is 4. The molecular weight excluding hydrogens is 480 g/mol. The van der Waals surface area contributed by atoms with Gasteiger partial charge in [0.2, 0.25) is 0 Å². The van der Waals surface area contributed by atoms with Crippen LogP contribution in [0, 0.1) is 0 Å². The van der Waals surface area contributed by atoms with E-state index in [1.165, 1.54) is 42.4 Å². The highest BCUT2D eigenvalue weighted by Gasteiger charge is 2.16. The van der Waals surface area contributed by atoms with Crippen molar-refractivity contribution in [3.05, 3.63) is 71.8 Å². The summed E-state index contributed by atoms with van der Waals surface area (Å²) in [6.45, 7) is 3.96. The van der Waals surface area contributed by atoms with Gasteiger partial charge < -0.3 is 9.72 Å². The fraction of sp³-hybridized carbons (Fsp3) is 0.207. The molecule has 0 spiro atoms. The van der Waals surface area contributed by atoms with Crippen molar-refractivity contribution in [2.75, 3.05) is 26.2 Å². The molecule has 5 aromatic heterocycles. The second-order valence-corrected chi connectivity index (χ2v) is 10.2. The lowest BCUT2D eigenvalue weighted by molar-refractivity contribution is 0.237. The minimum absolute atomic E-state index is 0.664. The van der Waals surface area contributed by atoms with E-state index in [0.29, 0.717) is 6.61 Å². The van der Waals surface area contributed by atoms with Gasteiger partial charge in [-0.15, -0.1) is 0 Å². The van der Waals surface area contributed by atoms with E-state index in [2.05, 4.69) is 77.2 Å². The van der Waals surface area contributed by atoms with Crippen LogP contribution < -0.4 is 4.74 Å². The minimum atomic E-state index is 0.664. The first-order valence-corrected chi connectivity index (χ1v) is 13.6. The number of thiophene rings is 1. The van der Waals surface area contributed by atoms with Gasteiger partial charge in [-0.05, 0) is 78.2 Å². The van der Waals surface area contributed by atoms with Crippen LogP contribution in [0.4, 0.5) is 0 Å². The van der Waals surface area contributed by atoms with Crippen molar-refractivity contribution in [3.8, 4) is 39.5 Å². The summed E-state index contributed by atoms with van der Waals surface area (Å²) in [4.78, 5) is 15.1. The molecule has 37 heavy (non-hydrogen) atoms. The van der Waals surface area contributed by atoms with Gasteiger partial charge in [-0.3, -0.25) is 20.0 Å². The van der Waals surface area contributed by atoms with Crippen molar-refractivity contribution >= 4 is 33.1 Å². The van der Waals surface area contributed by atoms with Gasteiger partial charge in [0.25, 0.3) is 0 Å². The van der Waals surface area contributed by atoms with Gasteiger partial charge in [0, 0.05) is 34.6 Å². The number of rotatable bonds is 7. The van der Waals surface area contributed by atoms with Crippen molar-refractivity contribution in [3.63, 3.8) is 0 Å². The van der Waals surface area contributed by atoms with Crippen LogP contribution in [0.25, 0.3) is 55.6 Å². The number of pyridine rings is 2. The first-order chi connectivity index (χ1) is 18.3. The molecule has 6 heterocycles. The Hall–Kier alpha value is -4.01. The highest BCUT2D eigenvalue weighted by molar-refractivity contribution is 7.08. The van der Waals surface area contributed by atoms with Gasteiger partial charge in [0.15, 0.2) is 0 Å². The Kier molecular flexibility index (Phi) is 5.68. The Morgan fingerprint density at radius 2 is 1.89 bits per heavy atom. The predicted molar refractivity (Wildman–Crippen MR) is 149 cm³/mol. The highest BCUT2D eigenvalue weighted by atomic mass is 32.1.